The number of benzene rings is 1. The molecule has 0 aromatic heterocycles. The molecule has 0 fully saturated rings. The third-order valence-electron chi connectivity index (χ3n) is 2.64. The molecule has 0 unspecified atom stereocenters. The van der Waals surface area contributed by atoms with E-state index in [2.05, 4.69) is 17.3 Å². The molecule has 0 aliphatic heterocycles. The van der Waals surface area contributed by atoms with E-state index in [1.807, 2.05) is 18.2 Å². The number of nitriles is 1. The summed E-state index contributed by atoms with van der Waals surface area (Å²) in [5, 5.41) is 12.3. The number of rotatable bonds is 7. The molecule has 1 aromatic rings. The summed E-state index contributed by atoms with van der Waals surface area (Å²) >= 11 is 0. The molecular formula is C15H18N2O. The molecule has 0 atom stereocenters. The van der Waals surface area contributed by atoms with Crippen LogP contribution >= 0.6 is 0 Å². The summed E-state index contributed by atoms with van der Waals surface area (Å²) in [6.45, 7) is 1.70. The van der Waals surface area contributed by atoms with E-state index in [1.165, 1.54) is 0 Å². The lowest BCUT2D eigenvalue weighted by molar-refractivity contribution is 0.413. The van der Waals surface area contributed by atoms with Gasteiger partial charge in [-0.15, -0.1) is 12.3 Å². The summed E-state index contributed by atoms with van der Waals surface area (Å²) in [6, 6.07) is 7.78. The van der Waals surface area contributed by atoms with Crippen molar-refractivity contribution < 1.29 is 4.74 Å². The molecule has 0 amide bonds. The van der Waals surface area contributed by atoms with E-state index >= 15 is 0 Å². The van der Waals surface area contributed by atoms with E-state index < -0.39 is 0 Å². The van der Waals surface area contributed by atoms with Crippen LogP contribution in [-0.4, -0.2) is 13.7 Å². The summed E-state index contributed by atoms with van der Waals surface area (Å²) in [5.41, 5.74) is 1.66. The van der Waals surface area contributed by atoms with Gasteiger partial charge in [0.25, 0.3) is 0 Å². The van der Waals surface area contributed by atoms with Crippen molar-refractivity contribution in [1.82, 2.24) is 5.32 Å². The Morgan fingerprint density at radius 2 is 2.22 bits per heavy atom. The first-order valence-electron chi connectivity index (χ1n) is 6.03. The third kappa shape index (κ3) is 4.49. The average Bonchev–Trinajstić information content (AvgIpc) is 2.42. The number of hydrogen-bond acceptors (Lipinski definition) is 3. The van der Waals surface area contributed by atoms with E-state index in [9.17, 15) is 0 Å². The van der Waals surface area contributed by atoms with Gasteiger partial charge >= 0.3 is 0 Å². The maximum absolute atomic E-state index is 8.97. The second kappa shape index (κ2) is 8.17. The Bertz CT molecular complexity index is 455. The average molecular weight is 242 g/mol. The van der Waals surface area contributed by atoms with E-state index in [1.54, 1.807) is 7.11 Å². The van der Waals surface area contributed by atoms with E-state index in [0.717, 1.165) is 37.9 Å². The van der Waals surface area contributed by atoms with E-state index in [4.69, 9.17) is 16.4 Å². The van der Waals surface area contributed by atoms with Crippen molar-refractivity contribution in [3.05, 3.63) is 29.3 Å². The van der Waals surface area contributed by atoms with Gasteiger partial charge in [-0.1, -0.05) is 6.07 Å². The van der Waals surface area contributed by atoms with Crippen molar-refractivity contribution in [2.45, 2.75) is 25.8 Å². The van der Waals surface area contributed by atoms with Crippen LogP contribution in [0.2, 0.25) is 0 Å². The fourth-order valence-corrected chi connectivity index (χ4v) is 1.66. The first kappa shape index (κ1) is 14.1. The predicted octanol–water partition coefficient (Wildman–Crippen LogP) is 2.46. The van der Waals surface area contributed by atoms with Gasteiger partial charge in [-0.3, -0.25) is 0 Å². The van der Waals surface area contributed by atoms with Crippen LogP contribution in [0.1, 0.15) is 30.4 Å². The maximum Gasteiger partial charge on any atom is 0.136 e. The van der Waals surface area contributed by atoms with Crippen LogP contribution in [0.15, 0.2) is 18.2 Å². The quantitative estimate of drug-likeness (QED) is 0.590. The molecule has 0 aliphatic rings. The predicted molar refractivity (Wildman–Crippen MR) is 72.1 cm³/mol. The lowest BCUT2D eigenvalue weighted by Crippen LogP contribution is -2.14. The summed E-state index contributed by atoms with van der Waals surface area (Å²) in [7, 11) is 1.57. The van der Waals surface area contributed by atoms with Gasteiger partial charge in [0.1, 0.15) is 11.8 Å². The van der Waals surface area contributed by atoms with Crippen LogP contribution in [-0.2, 0) is 6.54 Å². The van der Waals surface area contributed by atoms with E-state index in [-0.39, 0.29) is 0 Å². The van der Waals surface area contributed by atoms with Crippen molar-refractivity contribution in [3.8, 4) is 24.2 Å². The molecule has 3 nitrogen and oxygen atoms in total. The Kier molecular flexibility index (Phi) is 6.40. The molecule has 1 rings (SSSR count). The van der Waals surface area contributed by atoms with Crippen molar-refractivity contribution >= 4 is 0 Å². The monoisotopic (exact) mass is 242 g/mol. The van der Waals surface area contributed by atoms with Gasteiger partial charge < -0.3 is 10.1 Å². The van der Waals surface area contributed by atoms with Crippen LogP contribution in [0.4, 0.5) is 0 Å². The van der Waals surface area contributed by atoms with Crippen LogP contribution < -0.4 is 10.1 Å². The lowest BCUT2D eigenvalue weighted by atomic mass is 10.1. The highest BCUT2D eigenvalue weighted by Gasteiger charge is 2.03. The largest absolute Gasteiger partial charge is 0.495 e. The van der Waals surface area contributed by atoms with Crippen molar-refractivity contribution in [2.75, 3.05) is 13.7 Å². The number of methoxy groups -OCH3 is 1. The first-order chi connectivity index (χ1) is 8.81. The minimum absolute atomic E-state index is 0.573. The number of nitrogens with zero attached hydrogens (tertiary/aromatic N) is 1. The third-order valence-corrected chi connectivity index (χ3v) is 2.64. The molecule has 1 aromatic carbocycles. The van der Waals surface area contributed by atoms with Gasteiger partial charge in [0, 0.05) is 13.0 Å². The molecule has 18 heavy (non-hydrogen) atoms. The highest BCUT2D eigenvalue weighted by Crippen LogP contribution is 2.18. The highest BCUT2D eigenvalue weighted by atomic mass is 16.5. The number of ether oxygens (including phenoxy) is 1. The smallest absolute Gasteiger partial charge is 0.136 e. The SMILES string of the molecule is C#CCCCCNCc1ccc(OC)c(C#N)c1. The van der Waals surface area contributed by atoms with Crippen molar-refractivity contribution in [3.63, 3.8) is 0 Å². The van der Waals surface area contributed by atoms with Crippen molar-refractivity contribution in [2.24, 2.45) is 0 Å². The fourth-order valence-electron chi connectivity index (χ4n) is 1.66. The van der Waals surface area contributed by atoms with Gasteiger partial charge in [-0.25, -0.2) is 0 Å². The summed E-state index contributed by atoms with van der Waals surface area (Å²) in [4.78, 5) is 0. The molecular weight excluding hydrogens is 224 g/mol. The standard InChI is InChI=1S/C15H18N2O/c1-3-4-5-6-9-17-12-13-7-8-15(18-2)14(10-13)11-16/h1,7-8,10,17H,4-6,9,12H2,2H3. The van der Waals surface area contributed by atoms with Gasteiger partial charge in [0.2, 0.25) is 0 Å². The van der Waals surface area contributed by atoms with Crippen molar-refractivity contribution in [1.29, 1.82) is 5.26 Å². The molecule has 94 valence electrons. The van der Waals surface area contributed by atoms with Gasteiger partial charge in [0.15, 0.2) is 0 Å². The zero-order chi connectivity index (χ0) is 13.2. The number of hydrogen-bond donors (Lipinski definition) is 1. The van der Waals surface area contributed by atoms with Crippen LogP contribution in [0, 0.1) is 23.7 Å². The topological polar surface area (TPSA) is 45.0 Å². The van der Waals surface area contributed by atoms with Gasteiger partial charge in [-0.05, 0) is 37.1 Å². The van der Waals surface area contributed by atoms with Gasteiger partial charge in [-0.2, -0.15) is 5.26 Å². The Morgan fingerprint density at radius 1 is 1.39 bits per heavy atom. The fraction of sp³-hybridized carbons (Fsp3) is 0.400. The molecule has 3 heteroatoms. The minimum Gasteiger partial charge on any atom is -0.495 e. The second-order valence-corrected chi connectivity index (χ2v) is 3.98. The second-order valence-electron chi connectivity index (χ2n) is 3.98. The van der Waals surface area contributed by atoms with Crippen LogP contribution in [0.3, 0.4) is 0 Å². The molecule has 0 saturated carbocycles. The molecule has 0 heterocycles. The van der Waals surface area contributed by atoms with Gasteiger partial charge in [0.05, 0.1) is 12.7 Å². The summed E-state index contributed by atoms with van der Waals surface area (Å²) < 4.78 is 5.10. The molecule has 1 N–H and O–H groups in total. The molecule has 0 aliphatic carbocycles. The Morgan fingerprint density at radius 3 is 2.89 bits per heavy atom. The number of terminal acetylenes is 1. The van der Waals surface area contributed by atoms with Crippen LogP contribution in [0.25, 0.3) is 0 Å². The highest BCUT2D eigenvalue weighted by molar-refractivity contribution is 5.45. The minimum atomic E-state index is 0.573. The molecule has 0 saturated heterocycles. The Balaban J connectivity index is 2.39. The normalized spacial score (nSPS) is 9.50. The zero-order valence-electron chi connectivity index (χ0n) is 10.7. The summed E-state index contributed by atoms with van der Waals surface area (Å²) in [6.07, 6.45) is 8.14. The zero-order valence-corrected chi connectivity index (χ0v) is 10.7. The molecule has 0 bridgehead atoms. The first-order valence-corrected chi connectivity index (χ1v) is 6.03. The maximum atomic E-state index is 8.97. The Hall–Kier alpha value is -1.97. The number of unbranched alkanes of at least 4 members (excludes halogenated alkanes) is 2. The van der Waals surface area contributed by atoms with Crippen LogP contribution in [0.5, 0.6) is 5.75 Å². The summed E-state index contributed by atoms with van der Waals surface area (Å²) in [5.74, 6) is 3.25. The molecule has 0 spiro atoms. The number of nitrogens with one attached hydrogen (secondary N) is 1. The lowest BCUT2D eigenvalue weighted by Gasteiger charge is -2.07. The Labute approximate surface area is 109 Å². The van der Waals surface area contributed by atoms with E-state index in [0.29, 0.717) is 11.3 Å². The molecule has 0 radical (unpaired) electrons.